The minimum absolute atomic E-state index is 0.122. The van der Waals surface area contributed by atoms with E-state index in [4.69, 9.17) is 0 Å². The number of amides is 1. The van der Waals surface area contributed by atoms with Gasteiger partial charge in [-0.2, -0.15) is 0 Å². The third-order valence-electron chi connectivity index (χ3n) is 3.49. The van der Waals surface area contributed by atoms with E-state index in [-0.39, 0.29) is 24.1 Å². The van der Waals surface area contributed by atoms with Crippen LogP contribution in [0.4, 0.5) is 0 Å². The van der Waals surface area contributed by atoms with Gasteiger partial charge in [-0.05, 0) is 6.07 Å². The summed E-state index contributed by atoms with van der Waals surface area (Å²) < 4.78 is 0. The number of H-pyrrole nitrogens is 1. The minimum atomic E-state index is -0.319. The third-order valence-corrected chi connectivity index (χ3v) is 3.49. The lowest BCUT2D eigenvalue weighted by molar-refractivity contribution is 0.0702. The maximum atomic E-state index is 12.6. The Bertz CT molecular complexity index is 748. The molecule has 2 aromatic rings. The number of carbonyl (C=O) groups is 1. The molecule has 2 heterocycles. The molecule has 102 valence electrons. The van der Waals surface area contributed by atoms with Crippen molar-refractivity contribution in [3.05, 3.63) is 58.4 Å². The van der Waals surface area contributed by atoms with Crippen molar-refractivity contribution < 1.29 is 9.90 Å². The SMILES string of the molecule is O=C(c1cc(=O)[nH]c2ccccc12)N1CC=C[C@H]1CO. The van der Waals surface area contributed by atoms with Gasteiger partial charge in [0.25, 0.3) is 5.91 Å². The van der Waals surface area contributed by atoms with E-state index in [1.807, 2.05) is 12.1 Å². The number of fused-ring (bicyclic) bond motifs is 1. The van der Waals surface area contributed by atoms with E-state index in [1.165, 1.54) is 6.07 Å². The van der Waals surface area contributed by atoms with Crippen LogP contribution < -0.4 is 5.56 Å². The summed E-state index contributed by atoms with van der Waals surface area (Å²) in [4.78, 5) is 28.6. The molecule has 1 atom stereocenters. The summed E-state index contributed by atoms with van der Waals surface area (Å²) in [5.41, 5.74) is 0.697. The third kappa shape index (κ3) is 2.02. The lowest BCUT2D eigenvalue weighted by atomic mass is 10.1. The fraction of sp³-hybridized carbons (Fsp3) is 0.200. The van der Waals surface area contributed by atoms with E-state index in [2.05, 4.69) is 4.98 Å². The zero-order valence-electron chi connectivity index (χ0n) is 10.7. The molecule has 1 aromatic carbocycles. The summed E-state index contributed by atoms with van der Waals surface area (Å²) >= 11 is 0. The Morgan fingerprint density at radius 3 is 3.00 bits per heavy atom. The van der Waals surface area contributed by atoms with Crippen LogP contribution in [0.2, 0.25) is 0 Å². The normalized spacial score (nSPS) is 17.9. The molecule has 1 amide bonds. The van der Waals surface area contributed by atoms with E-state index in [9.17, 15) is 14.7 Å². The summed E-state index contributed by atoms with van der Waals surface area (Å²) in [5, 5.41) is 10.00. The van der Waals surface area contributed by atoms with Crippen LogP contribution in [-0.2, 0) is 0 Å². The summed E-state index contributed by atoms with van der Waals surface area (Å²) in [6.07, 6.45) is 3.64. The first-order chi connectivity index (χ1) is 9.70. The number of para-hydroxylation sites is 1. The largest absolute Gasteiger partial charge is 0.394 e. The molecule has 0 saturated carbocycles. The highest BCUT2D eigenvalue weighted by atomic mass is 16.3. The average Bonchev–Trinajstić information content (AvgIpc) is 2.94. The van der Waals surface area contributed by atoms with E-state index in [0.29, 0.717) is 23.0 Å². The van der Waals surface area contributed by atoms with Crippen LogP contribution in [-0.4, -0.2) is 40.1 Å². The molecule has 0 aliphatic carbocycles. The van der Waals surface area contributed by atoms with Crippen LogP contribution in [0.1, 0.15) is 10.4 Å². The van der Waals surface area contributed by atoms with Crippen LogP contribution in [0.25, 0.3) is 10.9 Å². The minimum Gasteiger partial charge on any atom is -0.394 e. The number of nitrogens with one attached hydrogen (secondary N) is 1. The topological polar surface area (TPSA) is 73.4 Å². The van der Waals surface area contributed by atoms with Crippen LogP contribution >= 0.6 is 0 Å². The lowest BCUT2D eigenvalue weighted by Gasteiger charge is -2.23. The van der Waals surface area contributed by atoms with Gasteiger partial charge >= 0.3 is 0 Å². The van der Waals surface area contributed by atoms with E-state index in [1.54, 1.807) is 29.2 Å². The van der Waals surface area contributed by atoms with Gasteiger partial charge in [-0.1, -0.05) is 30.4 Å². The average molecular weight is 270 g/mol. The van der Waals surface area contributed by atoms with Crippen molar-refractivity contribution in [3.63, 3.8) is 0 Å². The number of benzene rings is 1. The first-order valence-corrected chi connectivity index (χ1v) is 6.41. The Labute approximate surface area is 115 Å². The Hall–Kier alpha value is -2.40. The van der Waals surface area contributed by atoms with Crippen LogP contribution in [0.15, 0.2) is 47.3 Å². The molecule has 5 nitrogen and oxygen atoms in total. The Balaban J connectivity index is 2.10. The molecule has 3 rings (SSSR count). The molecule has 1 aromatic heterocycles. The van der Waals surface area contributed by atoms with E-state index in [0.717, 1.165) is 0 Å². The lowest BCUT2D eigenvalue weighted by Crippen LogP contribution is -2.38. The van der Waals surface area contributed by atoms with Gasteiger partial charge in [0.1, 0.15) is 0 Å². The molecular formula is C15H14N2O3. The van der Waals surface area contributed by atoms with Gasteiger partial charge in [-0.3, -0.25) is 9.59 Å². The fourth-order valence-electron chi connectivity index (χ4n) is 2.50. The van der Waals surface area contributed by atoms with Gasteiger partial charge in [-0.25, -0.2) is 0 Å². The number of pyridine rings is 1. The number of rotatable bonds is 2. The van der Waals surface area contributed by atoms with E-state index < -0.39 is 0 Å². The second-order valence-electron chi connectivity index (χ2n) is 4.73. The predicted molar refractivity (Wildman–Crippen MR) is 75.6 cm³/mol. The van der Waals surface area contributed by atoms with Gasteiger partial charge in [0.15, 0.2) is 0 Å². The first kappa shape index (κ1) is 12.6. The summed E-state index contributed by atoms with van der Waals surface area (Å²) in [7, 11) is 0. The number of nitrogens with zero attached hydrogens (tertiary/aromatic N) is 1. The number of aromatic nitrogens is 1. The monoisotopic (exact) mass is 270 g/mol. The highest BCUT2D eigenvalue weighted by molar-refractivity contribution is 6.06. The highest BCUT2D eigenvalue weighted by Gasteiger charge is 2.26. The molecule has 0 spiro atoms. The second kappa shape index (κ2) is 4.94. The molecule has 0 bridgehead atoms. The van der Waals surface area contributed by atoms with Crippen LogP contribution in [0.3, 0.4) is 0 Å². The maximum Gasteiger partial charge on any atom is 0.255 e. The van der Waals surface area contributed by atoms with Crippen molar-refractivity contribution in [3.8, 4) is 0 Å². The van der Waals surface area contributed by atoms with Crippen molar-refractivity contribution in [2.75, 3.05) is 13.2 Å². The fourth-order valence-corrected chi connectivity index (χ4v) is 2.50. The number of aliphatic hydroxyl groups is 1. The molecule has 20 heavy (non-hydrogen) atoms. The number of hydrogen-bond donors (Lipinski definition) is 2. The second-order valence-corrected chi connectivity index (χ2v) is 4.73. The van der Waals surface area contributed by atoms with Gasteiger partial charge in [0.05, 0.1) is 18.2 Å². The van der Waals surface area contributed by atoms with Crippen molar-refractivity contribution in [2.45, 2.75) is 6.04 Å². The van der Waals surface area contributed by atoms with Crippen LogP contribution in [0.5, 0.6) is 0 Å². The quantitative estimate of drug-likeness (QED) is 0.796. The van der Waals surface area contributed by atoms with Crippen molar-refractivity contribution in [1.82, 2.24) is 9.88 Å². The summed E-state index contributed by atoms with van der Waals surface area (Å²) in [6.45, 7) is 0.328. The molecule has 0 fully saturated rings. The standard InChI is InChI=1S/C15H14N2O3/c18-9-10-4-3-7-17(10)15(20)12-8-14(19)16-13-6-2-1-5-11(12)13/h1-6,8,10,18H,7,9H2,(H,16,19)/t10-/m0/s1. The van der Waals surface area contributed by atoms with Crippen molar-refractivity contribution in [1.29, 1.82) is 0 Å². The molecule has 1 aliphatic rings. The Morgan fingerprint density at radius 2 is 2.20 bits per heavy atom. The number of aromatic amines is 1. The number of carbonyl (C=O) groups excluding carboxylic acids is 1. The number of hydrogen-bond acceptors (Lipinski definition) is 3. The summed E-state index contributed by atoms with van der Waals surface area (Å²) in [6, 6.07) is 8.19. The Morgan fingerprint density at radius 1 is 1.40 bits per heavy atom. The van der Waals surface area contributed by atoms with Gasteiger partial charge in [0, 0.05) is 23.5 Å². The molecule has 5 heteroatoms. The predicted octanol–water partition coefficient (Wildman–Crippen LogP) is 0.901. The first-order valence-electron chi connectivity index (χ1n) is 6.41. The molecule has 0 radical (unpaired) electrons. The van der Waals surface area contributed by atoms with Crippen molar-refractivity contribution >= 4 is 16.8 Å². The smallest absolute Gasteiger partial charge is 0.255 e. The van der Waals surface area contributed by atoms with Crippen molar-refractivity contribution in [2.24, 2.45) is 0 Å². The number of aliphatic hydroxyl groups excluding tert-OH is 1. The van der Waals surface area contributed by atoms with Crippen LogP contribution in [0, 0.1) is 0 Å². The zero-order chi connectivity index (χ0) is 14.1. The summed E-state index contributed by atoms with van der Waals surface area (Å²) in [5.74, 6) is -0.239. The molecule has 0 unspecified atom stereocenters. The van der Waals surface area contributed by atoms with Gasteiger partial charge in [-0.15, -0.1) is 0 Å². The molecule has 1 aliphatic heterocycles. The van der Waals surface area contributed by atoms with E-state index >= 15 is 0 Å². The van der Waals surface area contributed by atoms with Gasteiger partial charge < -0.3 is 15.0 Å². The molecule has 0 saturated heterocycles. The molecular weight excluding hydrogens is 256 g/mol. The maximum absolute atomic E-state index is 12.6. The Kier molecular flexibility index (Phi) is 3.12. The molecule has 2 N–H and O–H groups in total. The highest BCUT2D eigenvalue weighted by Crippen LogP contribution is 2.19. The zero-order valence-corrected chi connectivity index (χ0v) is 10.7. The van der Waals surface area contributed by atoms with Gasteiger partial charge in [0.2, 0.25) is 5.56 Å².